The quantitative estimate of drug-likeness (QED) is 0.848. The van der Waals surface area contributed by atoms with Crippen molar-refractivity contribution in [3.8, 4) is 0 Å². The summed E-state index contributed by atoms with van der Waals surface area (Å²) in [7, 11) is 0. The molecule has 0 radical (unpaired) electrons. The molecule has 0 aliphatic heterocycles. The zero-order chi connectivity index (χ0) is 16.4. The summed E-state index contributed by atoms with van der Waals surface area (Å²) in [5, 5.41) is 16.6. The molecule has 23 heavy (non-hydrogen) atoms. The lowest BCUT2D eigenvalue weighted by molar-refractivity contribution is -0.139. The van der Waals surface area contributed by atoms with E-state index in [9.17, 15) is 14.3 Å². The molecule has 1 aromatic carbocycles. The van der Waals surface area contributed by atoms with Crippen molar-refractivity contribution >= 4 is 17.6 Å². The second-order valence-electron chi connectivity index (χ2n) is 5.74. The van der Waals surface area contributed by atoms with Crippen LogP contribution in [0.25, 0.3) is 0 Å². The van der Waals surface area contributed by atoms with Crippen molar-refractivity contribution in [2.45, 2.75) is 37.9 Å². The van der Waals surface area contributed by atoms with Gasteiger partial charge in [0.1, 0.15) is 11.9 Å². The van der Waals surface area contributed by atoms with Crippen LogP contribution in [0.2, 0.25) is 5.02 Å². The first-order chi connectivity index (χ1) is 11.0. The van der Waals surface area contributed by atoms with E-state index in [0.717, 1.165) is 24.5 Å². The summed E-state index contributed by atoms with van der Waals surface area (Å²) in [4.78, 5) is 11.4. The fourth-order valence-corrected chi connectivity index (χ4v) is 2.70. The van der Waals surface area contributed by atoms with Crippen molar-refractivity contribution in [1.29, 1.82) is 0 Å². The minimum absolute atomic E-state index is 0.0281. The first kappa shape index (κ1) is 16.0. The molecule has 1 unspecified atom stereocenters. The number of aliphatic carboxylic acids is 1. The Morgan fingerprint density at radius 3 is 2.91 bits per heavy atom. The van der Waals surface area contributed by atoms with Gasteiger partial charge in [0, 0.05) is 18.3 Å². The molecule has 5 nitrogen and oxygen atoms in total. The lowest BCUT2D eigenvalue weighted by Gasteiger charge is -2.25. The zero-order valence-corrected chi connectivity index (χ0v) is 13.1. The number of aromatic nitrogens is 2. The summed E-state index contributed by atoms with van der Waals surface area (Å²) in [5.74, 6) is -1.70. The molecule has 1 heterocycles. The number of rotatable bonds is 6. The van der Waals surface area contributed by atoms with Crippen LogP contribution in [0.3, 0.4) is 0 Å². The molecular formula is C16H17ClFN3O2. The van der Waals surface area contributed by atoms with Crippen LogP contribution in [0.1, 0.15) is 42.5 Å². The Morgan fingerprint density at radius 1 is 1.52 bits per heavy atom. The Bertz CT molecular complexity index is 715. The molecule has 1 saturated carbocycles. The van der Waals surface area contributed by atoms with E-state index in [1.807, 2.05) is 10.9 Å². The Kier molecular flexibility index (Phi) is 4.63. The van der Waals surface area contributed by atoms with Crippen LogP contribution >= 0.6 is 11.6 Å². The van der Waals surface area contributed by atoms with Crippen LogP contribution in [-0.2, 0) is 11.3 Å². The molecule has 0 bridgehead atoms. The number of carboxylic acids is 1. The van der Waals surface area contributed by atoms with E-state index in [4.69, 9.17) is 11.6 Å². The van der Waals surface area contributed by atoms with E-state index >= 15 is 0 Å². The highest BCUT2D eigenvalue weighted by Gasteiger charge is 2.22. The predicted octanol–water partition coefficient (Wildman–Crippen LogP) is 3.32. The molecule has 2 aromatic rings. The van der Waals surface area contributed by atoms with Crippen molar-refractivity contribution < 1.29 is 14.3 Å². The van der Waals surface area contributed by atoms with Crippen molar-refractivity contribution in [3.05, 3.63) is 52.6 Å². The number of hydrogen-bond acceptors (Lipinski definition) is 3. The molecule has 1 aliphatic rings. The molecule has 3 rings (SSSR count). The number of hydrogen-bond donors (Lipinski definition) is 2. The normalized spacial score (nSPS) is 16.1. The number of carboxylic acid groups (broad SMARTS) is 1. The molecule has 1 aliphatic carbocycles. The smallest absolute Gasteiger partial charge is 0.325 e. The number of nitrogens with zero attached hydrogens (tertiary/aromatic N) is 2. The lowest BCUT2D eigenvalue weighted by atomic mass is 9.93. The maximum atomic E-state index is 13.5. The zero-order valence-electron chi connectivity index (χ0n) is 12.4. The first-order valence-corrected chi connectivity index (χ1v) is 7.86. The second kappa shape index (κ2) is 6.68. The predicted molar refractivity (Wildman–Crippen MR) is 83.7 cm³/mol. The van der Waals surface area contributed by atoms with Gasteiger partial charge in [-0.1, -0.05) is 17.7 Å². The van der Waals surface area contributed by atoms with Gasteiger partial charge in [-0.15, -0.1) is 0 Å². The molecule has 1 atom stereocenters. The van der Waals surface area contributed by atoms with Crippen LogP contribution in [0.4, 0.5) is 4.39 Å². The topological polar surface area (TPSA) is 67.2 Å². The van der Waals surface area contributed by atoms with Gasteiger partial charge in [-0.25, -0.2) is 4.39 Å². The third-order valence-electron chi connectivity index (χ3n) is 4.14. The maximum absolute atomic E-state index is 13.5. The van der Waals surface area contributed by atoms with Crippen LogP contribution < -0.4 is 5.32 Å². The van der Waals surface area contributed by atoms with E-state index in [2.05, 4.69) is 10.4 Å². The SMILES string of the molecule is O=C(O)C(NCc1cnn(C2CCC2)c1)c1ccc(Cl)c(F)c1. The average molecular weight is 338 g/mol. The molecule has 0 amide bonds. The van der Waals surface area contributed by atoms with E-state index in [1.54, 1.807) is 6.20 Å². The summed E-state index contributed by atoms with van der Waals surface area (Å²) in [6.07, 6.45) is 7.15. The highest BCUT2D eigenvalue weighted by molar-refractivity contribution is 6.30. The highest BCUT2D eigenvalue weighted by atomic mass is 35.5. The molecule has 1 aromatic heterocycles. The Labute approximate surface area is 138 Å². The highest BCUT2D eigenvalue weighted by Crippen LogP contribution is 2.30. The van der Waals surface area contributed by atoms with Gasteiger partial charge >= 0.3 is 5.97 Å². The van der Waals surface area contributed by atoms with E-state index in [-0.39, 0.29) is 5.02 Å². The summed E-state index contributed by atoms with van der Waals surface area (Å²) in [6, 6.07) is 3.47. The summed E-state index contributed by atoms with van der Waals surface area (Å²) < 4.78 is 15.5. The Balaban J connectivity index is 1.68. The minimum Gasteiger partial charge on any atom is -0.480 e. The molecular weight excluding hydrogens is 321 g/mol. The van der Waals surface area contributed by atoms with Gasteiger partial charge in [0.25, 0.3) is 0 Å². The minimum atomic E-state index is -1.07. The third-order valence-corrected chi connectivity index (χ3v) is 4.44. The fraction of sp³-hybridized carbons (Fsp3) is 0.375. The third kappa shape index (κ3) is 3.54. The van der Waals surface area contributed by atoms with Crippen molar-refractivity contribution in [3.63, 3.8) is 0 Å². The summed E-state index contributed by atoms with van der Waals surface area (Å²) in [5.41, 5.74) is 1.23. The average Bonchev–Trinajstić information content (AvgIpc) is 2.89. The Morgan fingerprint density at radius 2 is 2.30 bits per heavy atom. The van der Waals surface area contributed by atoms with Gasteiger partial charge in [0.15, 0.2) is 0 Å². The van der Waals surface area contributed by atoms with E-state index < -0.39 is 17.8 Å². The van der Waals surface area contributed by atoms with Gasteiger partial charge < -0.3 is 5.11 Å². The van der Waals surface area contributed by atoms with Gasteiger partial charge in [-0.2, -0.15) is 5.10 Å². The Hall–Kier alpha value is -1.92. The van der Waals surface area contributed by atoms with Gasteiger partial charge in [0.05, 0.1) is 17.3 Å². The molecule has 0 spiro atoms. The second-order valence-corrected chi connectivity index (χ2v) is 6.15. The van der Waals surface area contributed by atoms with Crippen LogP contribution in [0.15, 0.2) is 30.6 Å². The lowest BCUT2D eigenvalue weighted by Crippen LogP contribution is -2.28. The van der Waals surface area contributed by atoms with Crippen LogP contribution in [0, 0.1) is 5.82 Å². The summed E-state index contributed by atoms with van der Waals surface area (Å²) in [6.45, 7) is 0.341. The van der Waals surface area contributed by atoms with Crippen molar-refractivity contribution in [2.24, 2.45) is 0 Å². The molecule has 2 N–H and O–H groups in total. The van der Waals surface area contributed by atoms with Crippen molar-refractivity contribution in [1.82, 2.24) is 15.1 Å². The van der Waals surface area contributed by atoms with Crippen LogP contribution in [-0.4, -0.2) is 20.9 Å². The molecule has 1 fully saturated rings. The summed E-state index contributed by atoms with van der Waals surface area (Å²) >= 11 is 5.64. The number of halogens is 2. The largest absolute Gasteiger partial charge is 0.480 e. The van der Waals surface area contributed by atoms with E-state index in [1.165, 1.54) is 18.6 Å². The van der Waals surface area contributed by atoms with Gasteiger partial charge in [-0.3, -0.25) is 14.8 Å². The maximum Gasteiger partial charge on any atom is 0.325 e. The first-order valence-electron chi connectivity index (χ1n) is 7.49. The van der Waals surface area contributed by atoms with Gasteiger partial charge in [-0.05, 0) is 37.0 Å². The van der Waals surface area contributed by atoms with E-state index in [0.29, 0.717) is 18.2 Å². The van der Waals surface area contributed by atoms with Crippen molar-refractivity contribution in [2.75, 3.05) is 0 Å². The molecule has 0 saturated heterocycles. The standard InChI is InChI=1S/C16H17ClFN3O2/c17-13-5-4-11(6-14(13)18)15(16(22)23)19-7-10-8-20-21(9-10)12-2-1-3-12/h4-6,8-9,12,15,19H,1-3,7H2,(H,22,23). The fourth-order valence-electron chi connectivity index (χ4n) is 2.58. The van der Waals surface area contributed by atoms with Gasteiger partial charge in [0.2, 0.25) is 0 Å². The monoisotopic (exact) mass is 337 g/mol. The molecule has 7 heteroatoms. The number of nitrogens with one attached hydrogen (secondary N) is 1. The van der Waals surface area contributed by atoms with Crippen LogP contribution in [0.5, 0.6) is 0 Å². The molecule has 122 valence electrons. The number of carbonyl (C=O) groups is 1. The number of benzene rings is 1.